The maximum atomic E-state index is 14.0. The summed E-state index contributed by atoms with van der Waals surface area (Å²) in [5.41, 5.74) is -10.5. The van der Waals surface area contributed by atoms with Crippen LogP contribution in [-0.4, -0.2) is 54.1 Å². The molecule has 0 radical (unpaired) electrons. The SMILES string of the molecule is CC(I)(C(=O)OC(C1CCC(C(O)(C(F)(F)F)C(F)(F)F)CC1)(C(F)(F)F)C(F)(F)F)C12NI1N2. The van der Waals surface area contributed by atoms with E-state index >= 15 is 0 Å². The summed E-state index contributed by atoms with van der Waals surface area (Å²) in [6.07, 6.45) is -31.1. The van der Waals surface area contributed by atoms with Crippen LogP contribution in [0.3, 0.4) is 0 Å². The van der Waals surface area contributed by atoms with Crippen LogP contribution in [-0.2, 0) is 9.53 Å². The first kappa shape index (κ1) is 29.5. The Morgan fingerprint density at radius 3 is 1.46 bits per heavy atom. The normalized spacial score (nSPS) is 28.1. The molecule has 0 amide bonds. The molecule has 0 bridgehead atoms. The zero-order chi connectivity index (χ0) is 27.3. The van der Waals surface area contributed by atoms with Gasteiger partial charge in [0.2, 0.25) is 0 Å². The van der Waals surface area contributed by atoms with Crippen LogP contribution < -0.4 is 7.06 Å². The summed E-state index contributed by atoms with van der Waals surface area (Å²) in [5.74, 6) is -7.40. The van der Waals surface area contributed by atoms with Crippen molar-refractivity contribution >= 4 is 48.9 Å². The van der Waals surface area contributed by atoms with Crippen LogP contribution in [0, 0.1) is 11.8 Å². The molecular weight excluding hydrogens is 750 g/mol. The average Bonchev–Trinajstić information content (AvgIpc) is 3.52. The van der Waals surface area contributed by atoms with Gasteiger partial charge in [0.15, 0.2) is 0 Å². The Hall–Kier alpha value is -0.0300. The van der Waals surface area contributed by atoms with Gasteiger partial charge in [0.1, 0.15) is 0 Å². The molecule has 0 aromatic carbocycles. The van der Waals surface area contributed by atoms with E-state index in [1.54, 1.807) is 0 Å². The summed E-state index contributed by atoms with van der Waals surface area (Å²) in [5, 5.41) is 9.48. The first-order valence-corrected chi connectivity index (χ1v) is 13.9. The third-order valence-corrected chi connectivity index (χ3v) is 13.7. The summed E-state index contributed by atoms with van der Waals surface area (Å²) >= 11 is -0.738. The zero-order valence-corrected chi connectivity index (χ0v) is 21.4. The predicted octanol–water partition coefficient (Wildman–Crippen LogP) is 5.45. The quantitative estimate of drug-likeness (QED) is 0.0660. The molecule has 0 aromatic rings. The second-order valence-electron chi connectivity index (χ2n) is 8.57. The molecule has 5 nitrogen and oxygen atoms in total. The molecule has 19 heteroatoms. The Bertz CT molecular complexity index is 828. The summed E-state index contributed by atoms with van der Waals surface area (Å²) in [7, 11) is 0. The zero-order valence-electron chi connectivity index (χ0n) is 17.0. The van der Waals surface area contributed by atoms with E-state index in [4.69, 9.17) is 0 Å². The number of halogens is 14. The molecule has 1 aliphatic carbocycles. The van der Waals surface area contributed by atoms with Crippen molar-refractivity contribution in [2.45, 2.75) is 75.6 Å². The number of ether oxygens (including phenoxy) is 1. The van der Waals surface area contributed by atoms with Gasteiger partial charge in [-0.3, -0.25) is 0 Å². The Morgan fingerprint density at radius 2 is 1.17 bits per heavy atom. The van der Waals surface area contributed by atoms with Crippen LogP contribution in [0.1, 0.15) is 32.6 Å². The second-order valence-corrected chi connectivity index (χ2v) is 15.0. The summed E-state index contributed by atoms with van der Waals surface area (Å²) in [6, 6.07) is 0. The number of carbonyl (C=O) groups excluding carboxylic acids is 1. The summed E-state index contributed by atoms with van der Waals surface area (Å²) in [6.45, 7) is 1.04. The van der Waals surface area contributed by atoms with Crippen LogP contribution in [0.25, 0.3) is 0 Å². The maximum absolute atomic E-state index is 14.0. The average molecular weight is 766 g/mol. The fourth-order valence-electron chi connectivity index (χ4n) is 4.33. The molecule has 2 heterocycles. The molecule has 0 aromatic heterocycles. The summed E-state index contributed by atoms with van der Waals surface area (Å²) in [4.78, 5) is 12.6. The predicted molar refractivity (Wildman–Crippen MR) is 109 cm³/mol. The van der Waals surface area contributed by atoms with E-state index in [0.717, 1.165) is 6.92 Å². The number of rotatable bonds is 5. The molecule has 2 aliphatic heterocycles. The molecule has 0 spiro atoms. The van der Waals surface area contributed by atoms with Gasteiger partial charge in [-0.05, 0) is 0 Å². The molecule has 3 aliphatic rings. The Balaban J connectivity index is 1.94. The number of hydrogen-bond donors (Lipinski definition) is 3. The van der Waals surface area contributed by atoms with Gasteiger partial charge in [0.05, 0.1) is 0 Å². The van der Waals surface area contributed by atoms with Crippen LogP contribution in [0.15, 0.2) is 0 Å². The molecule has 3 fully saturated rings. The van der Waals surface area contributed by atoms with E-state index in [0.29, 0.717) is 0 Å². The van der Waals surface area contributed by atoms with Gasteiger partial charge in [0, 0.05) is 0 Å². The van der Waals surface area contributed by atoms with Gasteiger partial charge in [-0.1, -0.05) is 0 Å². The first-order valence-electron chi connectivity index (χ1n) is 9.57. The van der Waals surface area contributed by atoms with E-state index in [1.807, 2.05) is 0 Å². The second kappa shape index (κ2) is 8.23. The van der Waals surface area contributed by atoms with Crippen molar-refractivity contribution < 1.29 is 67.3 Å². The number of aliphatic hydroxyl groups is 1. The van der Waals surface area contributed by atoms with Gasteiger partial charge in [0.25, 0.3) is 0 Å². The van der Waals surface area contributed by atoms with Crippen molar-refractivity contribution in [3.05, 3.63) is 0 Å². The van der Waals surface area contributed by atoms with Crippen molar-refractivity contribution in [2.75, 3.05) is 0 Å². The number of esters is 1. The van der Waals surface area contributed by atoms with E-state index < -0.39 is 107 Å². The topological polar surface area (TPSA) is 90.4 Å². The summed E-state index contributed by atoms with van der Waals surface area (Å²) < 4.78 is 169. The van der Waals surface area contributed by atoms with E-state index in [-0.39, 0.29) is 0 Å². The minimum absolute atomic E-state index is 1.04. The van der Waals surface area contributed by atoms with Gasteiger partial charge in [-0.2, -0.15) is 0 Å². The molecule has 1 unspecified atom stereocenters. The van der Waals surface area contributed by atoms with Crippen LogP contribution in [0.5, 0.6) is 0 Å². The van der Waals surface area contributed by atoms with Crippen molar-refractivity contribution in [1.82, 2.24) is 7.06 Å². The number of fused-ring (bicyclic) bond motifs is 1. The van der Waals surface area contributed by atoms with Crippen LogP contribution in [0.2, 0.25) is 0 Å². The van der Waals surface area contributed by atoms with Crippen molar-refractivity contribution in [2.24, 2.45) is 11.8 Å². The Morgan fingerprint density at radius 1 is 0.829 bits per heavy atom. The Labute approximate surface area is 210 Å². The monoisotopic (exact) mass is 766 g/mol. The molecular formula is C16H16F12I2N2O3. The fourth-order valence-corrected chi connectivity index (χ4v) is 12.1. The van der Waals surface area contributed by atoms with Crippen molar-refractivity contribution in [3.63, 3.8) is 0 Å². The van der Waals surface area contributed by atoms with Crippen molar-refractivity contribution in [3.8, 4) is 0 Å². The number of carbonyl (C=O) groups is 1. The van der Waals surface area contributed by atoms with E-state index in [1.165, 1.54) is 22.6 Å². The van der Waals surface area contributed by atoms with Gasteiger partial charge < -0.3 is 0 Å². The number of alkyl halides is 14. The van der Waals surface area contributed by atoms with Gasteiger partial charge in [-0.25, -0.2) is 0 Å². The minimum atomic E-state index is -6.31. The molecule has 3 N–H and O–H groups in total. The molecule has 206 valence electrons. The standard InChI is InChI=1S/C16H16F12I2N2O3/c1-9(29,16-30(31-16)32-16)8(33)35-11(14(23,24)25,15(26,27)28)7-4-2-6(3-5-7)10(34,12(17,18)19)13(20,21)22/h6-7,31-32,34H,2-5H2,1H3. The molecule has 3 rings (SSSR count). The van der Waals surface area contributed by atoms with Crippen molar-refractivity contribution in [1.29, 1.82) is 0 Å². The molecule has 2 saturated heterocycles. The van der Waals surface area contributed by atoms with Crippen LogP contribution in [0.4, 0.5) is 52.7 Å². The van der Waals surface area contributed by atoms with E-state index in [9.17, 15) is 62.6 Å². The third-order valence-electron chi connectivity index (χ3n) is 6.54. The Kier molecular flexibility index (Phi) is 6.95. The third kappa shape index (κ3) is 4.29. The first-order chi connectivity index (χ1) is 15.4. The number of nitrogens with one attached hydrogen (secondary N) is 2. The molecule has 1 atom stereocenters. The van der Waals surface area contributed by atoms with Gasteiger partial charge in [-0.15, -0.1) is 0 Å². The molecule has 35 heavy (non-hydrogen) atoms. The van der Waals surface area contributed by atoms with Gasteiger partial charge >= 0.3 is 211 Å². The number of hydrogen-bond acceptors (Lipinski definition) is 5. The van der Waals surface area contributed by atoms with Crippen LogP contribution >= 0.6 is 43.0 Å². The fraction of sp³-hybridized carbons (Fsp3) is 0.938. The van der Waals surface area contributed by atoms with E-state index in [2.05, 4.69) is 11.8 Å². The molecule has 1 saturated carbocycles.